The molecule has 1 amide bonds. The summed E-state index contributed by atoms with van der Waals surface area (Å²) in [5.41, 5.74) is 1.96. The lowest BCUT2D eigenvalue weighted by atomic mass is 10.2. The zero-order chi connectivity index (χ0) is 15.5. The monoisotopic (exact) mass is 290 g/mol. The Morgan fingerprint density at radius 3 is 2.76 bits per heavy atom. The number of amides is 1. The van der Waals surface area contributed by atoms with Crippen LogP contribution in [0, 0.1) is 0 Å². The van der Waals surface area contributed by atoms with E-state index in [-0.39, 0.29) is 6.09 Å². The second kappa shape index (κ2) is 6.16. The first kappa shape index (κ1) is 15.4. The Morgan fingerprint density at radius 1 is 1.33 bits per heavy atom. The number of hydrogen-bond acceptors (Lipinski definition) is 2. The highest BCUT2D eigenvalue weighted by molar-refractivity contribution is 5.71. The Morgan fingerprint density at radius 2 is 2.05 bits per heavy atom. The van der Waals surface area contributed by atoms with Gasteiger partial charge in [-0.15, -0.1) is 0 Å². The Kier molecular flexibility index (Phi) is 4.50. The molecule has 0 unspecified atom stereocenters. The standard InChI is InChI=1S/C16H23N3O2/c1-16(2,3)21-15(20)17-10-7-11-19-12-18(4)13-8-5-6-9-14(13)19/h5-6,8-9,12H,7,10-11H2,1-4H3/p+1. The van der Waals surface area contributed by atoms with Crippen LogP contribution in [0.1, 0.15) is 27.2 Å². The molecule has 21 heavy (non-hydrogen) atoms. The topological polar surface area (TPSA) is 47.1 Å². The molecule has 1 aromatic heterocycles. The molecule has 114 valence electrons. The largest absolute Gasteiger partial charge is 0.444 e. The predicted molar refractivity (Wildman–Crippen MR) is 82.0 cm³/mol. The van der Waals surface area contributed by atoms with E-state index in [0.717, 1.165) is 13.0 Å². The van der Waals surface area contributed by atoms with Crippen LogP contribution >= 0.6 is 0 Å². The van der Waals surface area contributed by atoms with Crippen LogP contribution in [0.3, 0.4) is 0 Å². The molecule has 5 nitrogen and oxygen atoms in total. The second-order valence-electron chi connectivity index (χ2n) is 6.19. The quantitative estimate of drug-likeness (QED) is 0.694. The van der Waals surface area contributed by atoms with Crippen LogP contribution in [-0.2, 0) is 18.3 Å². The van der Waals surface area contributed by atoms with Crippen molar-refractivity contribution in [3.05, 3.63) is 30.6 Å². The Bertz CT molecular complexity index is 626. The van der Waals surface area contributed by atoms with E-state index in [0.29, 0.717) is 6.54 Å². The molecule has 0 aliphatic carbocycles. The van der Waals surface area contributed by atoms with Crippen molar-refractivity contribution in [2.24, 2.45) is 7.05 Å². The van der Waals surface area contributed by atoms with Crippen molar-refractivity contribution < 1.29 is 14.1 Å². The SMILES string of the molecule is C[n+]1cn(CCCNC(=O)OC(C)(C)C)c2ccccc21. The van der Waals surface area contributed by atoms with Crippen LogP contribution in [0.2, 0.25) is 0 Å². The first-order valence-electron chi connectivity index (χ1n) is 7.27. The smallest absolute Gasteiger partial charge is 0.407 e. The minimum atomic E-state index is -0.450. The average Bonchev–Trinajstić information content (AvgIpc) is 2.70. The van der Waals surface area contributed by atoms with Crippen molar-refractivity contribution in [3.63, 3.8) is 0 Å². The van der Waals surface area contributed by atoms with Gasteiger partial charge in [-0.1, -0.05) is 12.1 Å². The maximum Gasteiger partial charge on any atom is 0.407 e. The third-order valence-electron chi connectivity index (χ3n) is 3.13. The van der Waals surface area contributed by atoms with Gasteiger partial charge in [-0.25, -0.2) is 13.9 Å². The fourth-order valence-corrected chi connectivity index (χ4v) is 2.27. The third kappa shape index (κ3) is 4.21. The summed E-state index contributed by atoms with van der Waals surface area (Å²) in [6, 6.07) is 8.29. The number of nitrogens with zero attached hydrogens (tertiary/aromatic N) is 2. The van der Waals surface area contributed by atoms with Gasteiger partial charge in [0.15, 0.2) is 11.0 Å². The number of imidazole rings is 1. The van der Waals surface area contributed by atoms with Gasteiger partial charge in [0.25, 0.3) is 0 Å². The zero-order valence-corrected chi connectivity index (χ0v) is 13.2. The zero-order valence-electron chi connectivity index (χ0n) is 13.2. The van der Waals surface area contributed by atoms with E-state index in [4.69, 9.17) is 4.74 Å². The number of ether oxygens (including phenoxy) is 1. The summed E-state index contributed by atoms with van der Waals surface area (Å²) >= 11 is 0. The van der Waals surface area contributed by atoms with Gasteiger partial charge < -0.3 is 10.1 Å². The lowest BCUT2D eigenvalue weighted by Gasteiger charge is -2.19. The van der Waals surface area contributed by atoms with E-state index < -0.39 is 5.60 Å². The molecule has 2 rings (SSSR count). The number of carbonyl (C=O) groups is 1. The normalized spacial score (nSPS) is 11.6. The van der Waals surface area contributed by atoms with E-state index in [1.807, 2.05) is 40.0 Å². The molecular formula is C16H24N3O2+. The summed E-state index contributed by atoms with van der Waals surface area (Å²) in [5.74, 6) is 0. The van der Waals surface area contributed by atoms with Crippen LogP contribution in [-0.4, -0.2) is 22.8 Å². The van der Waals surface area contributed by atoms with Gasteiger partial charge in [-0.3, -0.25) is 0 Å². The highest BCUT2D eigenvalue weighted by atomic mass is 16.6. The minimum Gasteiger partial charge on any atom is -0.444 e. The highest BCUT2D eigenvalue weighted by Gasteiger charge is 2.16. The average molecular weight is 290 g/mol. The van der Waals surface area contributed by atoms with Gasteiger partial charge in [-0.05, 0) is 32.9 Å². The summed E-state index contributed by atoms with van der Waals surface area (Å²) in [4.78, 5) is 11.5. The number of hydrogen-bond donors (Lipinski definition) is 1. The molecule has 5 heteroatoms. The predicted octanol–water partition coefficient (Wildman–Crippen LogP) is 2.38. The summed E-state index contributed by atoms with van der Waals surface area (Å²) in [5, 5.41) is 2.78. The maximum absolute atomic E-state index is 11.5. The number of benzene rings is 1. The van der Waals surface area contributed by atoms with Gasteiger partial charge in [0.2, 0.25) is 6.33 Å². The van der Waals surface area contributed by atoms with Crippen molar-refractivity contribution in [1.29, 1.82) is 0 Å². The fourth-order valence-electron chi connectivity index (χ4n) is 2.27. The summed E-state index contributed by atoms with van der Waals surface area (Å²) in [6.07, 6.45) is 2.58. The molecule has 0 radical (unpaired) electrons. The molecule has 0 fully saturated rings. The number of nitrogens with one attached hydrogen (secondary N) is 1. The number of alkyl carbamates (subject to hydrolysis) is 1. The number of aryl methyl sites for hydroxylation is 2. The first-order chi connectivity index (χ1) is 9.87. The lowest BCUT2D eigenvalue weighted by molar-refractivity contribution is -0.645. The maximum atomic E-state index is 11.5. The number of carbonyl (C=O) groups excluding carboxylic acids is 1. The summed E-state index contributed by atoms with van der Waals surface area (Å²) in [7, 11) is 2.04. The van der Waals surface area contributed by atoms with Crippen molar-refractivity contribution in [2.75, 3.05) is 6.54 Å². The number of para-hydroxylation sites is 2. The highest BCUT2D eigenvalue weighted by Crippen LogP contribution is 2.10. The number of aromatic nitrogens is 2. The first-order valence-corrected chi connectivity index (χ1v) is 7.27. The van der Waals surface area contributed by atoms with Crippen molar-refractivity contribution in [1.82, 2.24) is 9.88 Å². The van der Waals surface area contributed by atoms with Crippen molar-refractivity contribution >= 4 is 17.1 Å². The Labute approximate surface area is 125 Å². The van der Waals surface area contributed by atoms with Crippen LogP contribution in [0.15, 0.2) is 30.6 Å². The molecular weight excluding hydrogens is 266 g/mol. The molecule has 0 spiro atoms. The summed E-state index contributed by atoms with van der Waals surface area (Å²) < 4.78 is 9.51. The van der Waals surface area contributed by atoms with Gasteiger partial charge in [0.1, 0.15) is 5.60 Å². The van der Waals surface area contributed by atoms with E-state index in [1.54, 1.807) is 0 Å². The second-order valence-corrected chi connectivity index (χ2v) is 6.19. The van der Waals surface area contributed by atoms with E-state index in [1.165, 1.54) is 11.0 Å². The van der Waals surface area contributed by atoms with Gasteiger partial charge in [0, 0.05) is 13.0 Å². The third-order valence-corrected chi connectivity index (χ3v) is 3.13. The Balaban J connectivity index is 1.85. The van der Waals surface area contributed by atoms with E-state index in [2.05, 4.69) is 32.9 Å². The van der Waals surface area contributed by atoms with Crippen LogP contribution in [0.25, 0.3) is 11.0 Å². The van der Waals surface area contributed by atoms with Crippen LogP contribution in [0.5, 0.6) is 0 Å². The number of fused-ring (bicyclic) bond motifs is 1. The molecule has 0 saturated carbocycles. The molecule has 1 heterocycles. The minimum absolute atomic E-state index is 0.356. The molecule has 0 aliphatic rings. The van der Waals surface area contributed by atoms with E-state index in [9.17, 15) is 4.79 Å². The van der Waals surface area contributed by atoms with Gasteiger partial charge in [-0.2, -0.15) is 0 Å². The molecule has 1 N–H and O–H groups in total. The van der Waals surface area contributed by atoms with Crippen molar-refractivity contribution in [2.45, 2.75) is 39.3 Å². The van der Waals surface area contributed by atoms with Gasteiger partial charge >= 0.3 is 6.09 Å². The molecule has 0 aliphatic heterocycles. The van der Waals surface area contributed by atoms with Crippen LogP contribution in [0.4, 0.5) is 4.79 Å². The molecule has 1 aromatic carbocycles. The molecule has 2 aromatic rings. The van der Waals surface area contributed by atoms with Crippen LogP contribution < -0.4 is 9.88 Å². The summed E-state index contributed by atoms with van der Waals surface area (Å²) in [6.45, 7) is 7.04. The molecule has 0 bridgehead atoms. The Hall–Kier alpha value is -2.04. The molecule has 0 saturated heterocycles. The lowest BCUT2D eigenvalue weighted by Crippen LogP contribution is -2.33. The fraction of sp³-hybridized carbons (Fsp3) is 0.500. The van der Waals surface area contributed by atoms with Crippen molar-refractivity contribution in [3.8, 4) is 0 Å². The van der Waals surface area contributed by atoms with Gasteiger partial charge in [0.05, 0.1) is 13.6 Å². The number of rotatable bonds is 4. The van der Waals surface area contributed by atoms with E-state index >= 15 is 0 Å². The molecule has 0 atom stereocenters.